The van der Waals surface area contributed by atoms with Gasteiger partial charge in [0.05, 0.1) is 11.6 Å². The second-order valence-electron chi connectivity index (χ2n) is 6.99. The second-order valence-corrected chi connectivity index (χ2v) is 6.99. The summed E-state index contributed by atoms with van der Waals surface area (Å²) in [6, 6.07) is 0.313. The van der Waals surface area contributed by atoms with E-state index in [1.54, 1.807) is 0 Å². The Labute approximate surface area is 143 Å². The normalized spacial score (nSPS) is 20.5. The van der Waals surface area contributed by atoms with Crippen LogP contribution < -0.4 is 5.32 Å². The Balaban J connectivity index is 1.56. The molecule has 0 saturated carbocycles. The van der Waals surface area contributed by atoms with Crippen LogP contribution in [0.15, 0.2) is 16.4 Å². The monoisotopic (exact) mass is 327 g/mol. The van der Waals surface area contributed by atoms with Crippen LogP contribution in [-0.4, -0.2) is 27.9 Å². The van der Waals surface area contributed by atoms with Gasteiger partial charge >= 0.3 is 0 Å². The number of nitrogens with one attached hydrogen (secondary N) is 1. The van der Waals surface area contributed by atoms with Gasteiger partial charge in [0.25, 0.3) is 0 Å². The average Bonchev–Trinajstić information content (AvgIpc) is 3.18. The van der Waals surface area contributed by atoms with E-state index in [4.69, 9.17) is 6.42 Å². The Bertz CT molecular complexity index is 676. The number of amides is 1. The molecule has 1 aliphatic heterocycles. The standard InChI is InChI=1S/C18H25N5O/c1-4-5-9-18(21-22-18)10-11-19-17(24)15-8-6-7-14-12-23(13(2)3)20-16(14)15/h1,12-13,15H,5-11H2,2-3H3,(H,19,24). The predicted molar refractivity (Wildman–Crippen MR) is 91.6 cm³/mol. The van der Waals surface area contributed by atoms with Crippen LogP contribution in [0.2, 0.25) is 0 Å². The quantitative estimate of drug-likeness (QED) is 0.782. The van der Waals surface area contributed by atoms with Gasteiger partial charge in [-0.1, -0.05) is 0 Å². The molecule has 3 rings (SSSR count). The number of terminal acetylenes is 1. The third-order valence-corrected chi connectivity index (χ3v) is 4.83. The van der Waals surface area contributed by atoms with E-state index in [2.05, 4.69) is 46.6 Å². The summed E-state index contributed by atoms with van der Waals surface area (Å²) in [6.45, 7) is 4.78. The highest BCUT2D eigenvalue weighted by Gasteiger charge is 2.39. The van der Waals surface area contributed by atoms with Gasteiger partial charge in [0, 0.05) is 38.0 Å². The van der Waals surface area contributed by atoms with Crippen LogP contribution in [0.5, 0.6) is 0 Å². The number of aryl methyl sites for hydroxylation is 1. The maximum absolute atomic E-state index is 12.6. The molecule has 0 bridgehead atoms. The van der Waals surface area contributed by atoms with Gasteiger partial charge < -0.3 is 5.32 Å². The van der Waals surface area contributed by atoms with E-state index >= 15 is 0 Å². The molecule has 6 nitrogen and oxygen atoms in total. The molecule has 1 aromatic heterocycles. The molecule has 1 N–H and O–H groups in total. The molecule has 1 aliphatic carbocycles. The molecule has 2 aliphatic rings. The zero-order chi connectivity index (χ0) is 17.2. The number of aromatic nitrogens is 2. The van der Waals surface area contributed by atoms with Crippen LogP contribution in [0.4, 0.5) is 0 Å². The second kappa shape index (κ2) is 6.76. The molecular weight excluding hydrogens is 302 g/mol. The minimum absolute atomic E-state index is 0.0673. The fraction of sp³-hybridized carbons (Fsp3) is 0.667. The Morgan fingerprint density at radius 1 is 1.50 bits per heavy atom. The maximum Gasteiger partial charge on any atom is 0.229 e. The number of carbonyl (C=O) groups is 1. The predicted octanol–water partition coefficient (Wildman–Crippen LogP) is 2.97. The molecule has 1 amide bonds. The first kappa shape index (κ1) is 16.7. The van der Waals surface area contributed by atoms with Gasteiger partial charge in [-0.05, 0) is 38.7 Å². The van der Waals surface area contributed by atoms with E-state index < -0.39 is 0 Å². The number of rotatable bonds is 7. The molecule has 0 aromatic carbocycles. The molecule has 24 heavy (non-hydrogen) atoms. The van der Waals surface area contributed by atoms with Crippen molar-refractivity contribution >= 4 is 5.91 Å². The smallest absolute Gasteiger partial charge is 0.229 e. The van der Waals surface area contributed by atoms with Gasteiger partial charge in [0.1, 0.15) is 0 Å². The number of hydrogen-bond acceptors (Lipinski definition) is 4. The Kier molecular flexibility index (Phi) is 4.70. The Hall–Kier alpha value is -2.16. The van der Waals surface area contributed by atoms with E-state index in [-0.39, 0.29) is 17.5 Å². The lowest BCUT2D eigenvalue weighted by molar-refractivity contribution is -0.123. The van der Waals surface area contributed by atoms with Gasteiger partial charge in [-0.3, -0.25) is 9.48 Å². The lowest BCUT2D eigenvalue weighted by Gasteiger charge is -2.20. The minimum atomic E-state index is -0.337. The minimum Gasteiger partial charge on any atom is -0.355 e. The lowest BCUT2D eigenvalue weighted by Crippen LogP contribution is -2.34. The van der Waals surface area contributed by atoms with Gasteiger partial charge in [0.15, 0.2) is 5.66 Å². The first-order valence-corrected chi connectivity index (χ1v) is 8.78. The van der Waals surface area contributed by atoms with Crippen LogP contribution in [0.1, 0.15) is 69.2 Å². The molecule has 6 heteroatoms. The molecule has 1 aromatic rings. The van der Waals surface area contributed by atoms with Gasteiger partial charge in [-0.2, -0.15) is 15.3 Å². The number of nitrogens with zero attached hydrogens (tertiary/aromatic N) is 4. The Morgan fingerprint density at radius 3 is 2.96 bits per heavy atom. The van der Waals surface area contributed by atoms with Crippen molar-refractivity contribution in [1.29, 1.82) is 0 Å². The van der Waals surface area contributed by atoms with E-state index in [0.29, 0.717) is 19.0 Å². The summed E-state index contributed by atoms with van der Waals surface area (Å²) < 4.78 is 1.97. The van der Waals surface area contributed by atoms with Crippen LogP contribution in [0.3, 0.4) is 0 Å². The molecular formula is C18H25N5O. The summed E-state index contributed by atoms with van der Waals surface area (Å²) in [5.74, 6) is 2.55. The van der Waals surface area contributed by atoms with Gasteiger partial charge in [0.2, 0.25) is 5.91 Å². The van der Waals surface area contributed by atoms with Crippen LogP contribution in [0, 0.1) is 12.3 Å². The average molecular weight is 327 g/mol. The highest BCUT2D eigenvalue weighted by Crippen LogP contribution is 2.36. The van der Waals surface area contributed by atoms with Crippen molar-refractivity contribution in [2.24, 2.45) is 10.2 Å². The summed E-state index contributed by atoms with van der Waals surface area (Å²) >= 11 is 0. The third kappa shape index (κ3) is 3.50. The molecule has 1 unspecified atom stereocenters. The molecule has 2 heterocycles. The summed E-state index contributed by atoms with van der Waals surface area (Å²) in [5, 5.41) is 15.9. The number of fused-ring (bicyclic) bond motifs is 1. The van der Waals surface area contributed by atoms with Crippen molar-refractivity contribution in [2.75, 3.05) is 6.54 Å². The fourth-order valence-electron chi connectivity index (χ4n) is 3.26. The van der Waals surface area contributed by atoms with E-state index in [9.17, 15) is 4.79 Å². The van der Waals surface area contributed by atoms with Crippen LogP contribution in [-0.2, 0) is 11.2 Å². The van der Waals surface area contributed by atoms with E-state index in [0.717, 1.165) is 37.8 Å². The summed E-state index contributed by atoms with van der Waals surface area (Å²) in [6.07, 6.45) is 12.5. The third-order valence-electron chi connectivity index (χ3n) is 4.83. The summed E-state index contributed by atoms with van der Waals surface area (Å²) in [4.78, 5) is 12.6. The first-order chi connectivity index (χ1) is 11.5. The molecule has 128 valence electrons. The van der Waals surface area contributed by atoms with Gasteiger partial charge in [-0.25, -0.2) is 0 Å². The van der Waals surface area contributed by atoms with Crippen LogP contribution >= 0.6 is 0 Å². The largest absolute Gasteiger partial charge is 0.355 e. The summed E-state index contributed by atoms with van der Waals surface area (Å²) in [7, 11) is 0. The van der Waals surface area contributed by atoms with Crippen molar-refractivity contribution in [2.45, 2.75) is 70.0 Å². The maximum atomic E-state index is 12.6. The van der Waals surface area contributed by atoms with Gasteiger partial charge in [-0.15, -0.1) is 12.3 Å². The van der Waals surface area contributed by atoms with E-state index in [1.165, 1.54) is 5.56 Å². The zero-order valence-corrected chi connectivity index (χ0v) is 14.5. The topological polar surface area (TPSA) is 71.6 Å². The van der Waals surface area contributed by atoms with Crippen LogP contribution in [0.25, 0.3) is 0 Å². The highest BCUT2D eigenvalue weighted by molar-refractivity contribution is 5.83. The van der Waals surface area contributed by atoms with Crippen molar-refractivity contribution < 1.29 is 4.79 Å². The number of hydrogen-bond donors (Lipinski definition) is 1. The lowest BCUT2D eigenvalue weighted by atomic mass is 9.87. The molecule has 0 spiro atoms. The van der Waals surface area contributed by atoms with E-state index in [1.807, 2.05) is 4.68 Å². The van der Waals surface area contributed by atoms with Crippen molar-refractivity contribution in [1.82, 2.24) is 15.1 Å². The zero-order valence-electron chi connectivity index (χ0n) is 14.5. The molecule has 0 fully saturated rings. The molecule has 0 saturated heterocycles. The highest BCUT2D eigenvalue weighted by atomic mass is 16.1. The van der Waals surface area contributed by atoms with Crippen molar-refractivity contribution in [3.63, 3.8) is 0 Å². The van der Waals surface area contributed by atoms with Crippen molar-refractivity contribution in [3.05, 3.63) is 17.5 Å². The number of carbonyl (C=O) groups excluding carboxylic acids is 1. The van der Waals surface area contributed by atoms with Crippen molar-refractivity contribution in [3.8, 4) is 12.3 Å². The first-order valence-electron chi connectivity index (χ1n) is 8.78. The fourth-order valence-corrected chi connectivity index (χ4v) is 3.26. The summed E-state index contributed by atoms with van der Waals surface area (Å²) in [5.41, 5.74) is 1.83. The molecule has 1 atom stereocenters. The molecule has 0 radical (unpaired) electrons. The SMILES string of the molecule is C#CCCC1(CCNC(=O)C2CCCc3cn(C(C)C)nc32)N=N1. The Morgan fingerprint density at radius 2 is 2.29 bits per heavy atom.